The van der Waals surface area contributed by atoms with E-state index < -0.39 is 10.8 Å². The van der Waals surface area contributed by atoms with Gasteiger partial charge < -0.3 is 15.0 Å². The number of nitrogens with zero attached hydrogens (tertiary/aromatic N) is 2. The highest BCUT2D eigenvalue weighted by Crippen LogP contribution is 2.44. The zero-order valence-corrected chi connectivity index (χ0v) is 17.3. The quantitative estimate of drug-likeness (QED) is 0.583. The standard InChI is InChI=1S/C21H22ClN3O5/c1-12-18(21(27)24-7-9-30-10-8-24)19(20-15(23-12)3-2-4-17(20)26)13-5-6-14(22)16(11-13)25(28)29/h5-6,11,19,23H,2-4,7-10H2,1H3/t19-/m0/s1. The molecule has 1 aromatic rings. The van der Waals surface area contributed by atoms with Crippen LogP contribution in [0.3, 0.4) is 0 Å². The second-order valence-corrected chi connectivity index (χ2v) is 8.05. The highest BCUT2D eigenvalue weighted by Gasteiger charge is 2.40. The minimum absolute atomic E-state index is 0.0172. The Morgan fingerprint density at radius 1 is 1.30 bits per heavy atom. The lowest BCUT2D eigenvalue weighted by molar-refractivity contribution is -0.384. The number of carbonyl (C=O) groups excluding carboxylic acids is 2. The molecule has 1 amide bonds. The maximum Gasteiger partial charge on any atom is 0.288 e. The van der Waals surface area contributed by atoms with Crippen LogP contribution in [0.1, 0.15) is 37.7 Å². The topological polar surface area (TPSA) is 102 Å². The molecular weight excluding hydrogens is 410 g/mol. The number of nitro groups is 1. The van der Waals surface area contributed by atoms with Gasteiger partial charge in [0.05, 0.1) is 18.1 Å². The number of nitro benzene ring substituents is 1. The Labute approximate surface area is 178 Å². The SMILES string of the molecule is CC1=C(C(=O)N2CCOCC2)[C@H](c2ccc(Cl)c([N+](=O)[O-])c2)C2=C(CCCC2=O)N1. The zero-order chi connectivity index (χ0) is 21.4. The Morgan fingerprint density at radius 2 is 2.03 bits per heavy atom. The van der Waals surface area contributed by atoms with E-state index >= 15 is 0 Å². The van der Waals surface area contributed by atoms with E-state index in [2.05, 4.69) is 5.32 Å². The van der Waals surface area contributed by atoms with Crippen LogP contribution in [0.25, 0.3) is 0 Å². The van der Waals surface area contributed by atoms with E-state index in [1.807, 2.05) is 6.92 Å². The summed E-state index contributed by atoms with van der Waals surface area (Å²) in [4.78, 5) is 39.0. The van der Waals surface area contributed by atoms with E-state index in [1.165, 1.54) is 12.1 Å². The van der Waals surface area contributed by atoms with E-state index in [0.29, 0.717) is 61.6 Å². The summed E-state index contributed by atoms with van der Waals surface area (Å²) in [6.45, 7) is 3.64. The van der Waals surface area contributed by atoms with Crippen molar-refractivity contribution >= 4 is 29.0 Å². The van der Waals surface area contributed by atoms with E-state index in [4.69, 9.17) is 16.3 Å². The van der Waals surface area contributed by atoms with Crippen LogP contribution in [-0.2, 0) is 14.3 Å². The van der Waals surface area contributed by atoms with Gasteiger partial charge in [0.25, 0.3) is 11.6 Å². The van der Waals surface area contributed by atoms with E-state index in [-0.39, 0.29) is 22.4 Å². The second-order valence-electron chi connectivity index (χ2n) is 7.64. The number of amides is 1. The van der Waals surface area contributed by atoms with Crippen LogP contribution in [0, 0.1) is 10.1 Å². The molecule has 0 aromatic heterocycles. The van der Waals surface area contributed by atoms with Crippen molar-refractivity contribution in [3.63, 3.8) is 0 Å². The van der Waals surface area contributed by atoms with E-state index in [1.54, 1.807) is 11.0 Å². The summed E-state index contributed by atoms with van der Waals surface area (Å²) in [5, 5.41) is 14.7. The van der Waals surface area contributed by atoms with Gasteiger partial charge in [0.2, 0.25) is 0 Å². The summed E-state index contributed by atoms with van der Waals surface area (Å²) >= 11 is 6.01. The van der Waals surface area contributed by atoms with Crippen molar-refractivity contribution in [1.29, 1.82) is 0 Å². The molecule has 1 N–H and O–H groups in total. The maximum atomic E-state index is 13.5. The summed E-state index contributed by atoms with van der Waals surface area (Å²) in [5.41, 5.74) is 2.72. The molecule has 1 aliphatic carbocycles. The number of hydrogen-bond donors (Lipinski definition) is 1. The van der Waals surface area contributed by atoms with Crippen LogP contribution in [0.2, 0.25) is 5.02 Å². The Hall–Kier alpha value is -2.71. The minimum atomic E-state index is -0.666. The molecule has 158 valence electrons. The second kappa shape index (κ2) is 8.20. The van der Waals surface area contributed by atoms with Gasteiger partial charge in [0, 0.05) is 54.0 Å². The van der Waals surface area contributed by atoms with Crippen molar-refractivity contribution in [2.75, 3.05) is 26.3 Å². The summed E-state index contributed by atoms with van der Waals surface area (Å²) in [6, 6.07) is 4.50. The molecule has 0 spiro atoms. The van der Waals surface area contributed by atoms with Gasteiger partial charge in [-0.1, -0.05) is 17.7 Å². The largest absolute Gasteiger partial charge is 0.378 e. The number of nitrogens with one attached hydrogen (secondary N) is 1. The number of ether oxygens (including phenoxy) is 1. The first-order chi connectivity index (χ1) is 14.4. The maximum absolute atomic E-state index is 13.5. The average molecular weight is 432 g/mol. The van der Waals surface area contributed by atoms with Gasteiger partial charge in [-0.2, -0.15) is 0 Å². The molecule has 3 aliphatic rings. The highest BCUT2D eigenvalue weighted by molar-refractivity contribution is 6.32. The molecule has 1 saturated heterocycles. The number of allylic oxidation sites excluding steroid dienone is 3. The molecule has 0 radical (unpaired) electrons. The molecular formula is C21H22ClN3O5. The molecule has 0 saturated carbocycles. The lowest BCUT2D eigenvalue weighted by Gasteiger charge is -2.37. The van der Waals surface area contributed by atoms with Gasteiger partial charge in [-0.25, -0.2) is 0 Å². The zero-order valence-electron chi connectivity index (χ0n) is 16.6. The summed E-state index contributed by atoms with van der Waals surface area (Å²) < 4.78 is 5.36. The van der Waals surface area contributed by atoms with Crippen molar-refractivity contribution in [3.8, 4) is 0 Å². The smallest absolute Gasteiger partial charge is 0.288 e. The first-order valence-electron chi connectivity index (χ1n) is 9.93. The third-order valence-corrected chi connectivity index (χ3v) is 6.12. The van der Waals surface area contributed by atoms with Crippen LogP contribution < -0.4 is 5.32 Å². The van der Waals surface area contributed by atoms with E-state index in [0.717, 1.165) is 12.1 Å². The fourth-order valence-corrected chi connectivity index (χ4v) is 4.57. The lowest BCUT2D eigenvalue weighted by atomic mass is 9.74. The van der Waals surface area contributed by atoms with Crippen molar-refractivity contribution in [2.45, 2.75) is 32.1 Å². The van der Waals surface area contributed by atoms with E-state index in [9.17, 15) is 19.7 Å². The summed E-state index contributed by atoms with van der Waals surface area (Å²) in [5.74, 6) is -0.887. The average Bonchev–Trinajstić information content (AvgIpc) is 2.73. The lowest BCUT2D eigenvalue weighted by Crippen LogP contribution is -2.44. The Bertz CT molecular complexity index is 994. The third-order valence-electron chi connectivity index (χ3n) is 5.80. The van der Waals surface area contributed by atoms with Crippen molar-refractivity contribution in [3.05, 3.63) is 61.4 Å². The molecule has 2 heterocycles. The van der Waals surface area contributed by atoms with Gasteiger partial charge in [-0.05, 0) is 31.4 Å². The third kappa shape index (κ3) is 3.61. The molecule has 1 aromatic carbocycles. The van der Waals surface area contributed by atoms with Gasteiger partial charge in [-0.3, -0.25) is 19.7 Å². The van der Waals surface area contributed by atoms with Crippen LogP contribution >= 0.6 is 11.6 Å². The molecule has 2 aliphatic heterocycles. The number of hydrogen-bond acceptors (Lipinski definition) is 6. The number of ketones is 1. The molecule has 1 fully saturated rings. The van der Waals surface area contributed by atoms with Crippen LogP contribution in [-0.4, -0.2) is 47.8 Å². The number of dihydropyridines is 1. The van der Waals surface area contributed by atoms with Crippen LogP contribution in [0.15, 0.2) is 40.7 Å². The summed E-state index contributed by atoms with van der Waals surface area (Å²) in [7, 11) is 0. The fourth-order valence-electron chi connectivity index (χ4n) is 4.39. The number of morpholine rings is 1. The Balaban J connectivity index is 1.86. The van der Waals surface area contributed by atoms with Crippen molar-refractivity contribution in [2.24, 2.45) is 0 Å². The number of Topliss-reactive ketones (excluding diaryl/α,β-unsaturated/α-hetero) is 1. The fraction of sp³-hybridized carbons (Fsp3) is 0.429. The molecule has 0 unspecified atom stereocenters. The van der Waals surface area contributed by atoms with Gasteiger partial charge in [0.1, 0.15) is 5.02 Å². The van der Waals surface area contributed by atoms with Gasteiger partial charge >= 0.3 is 0 Å². The minimum Gasteiger partial charge on any atom is -0.378 e. The molecule has 1 atom stereocenters. The van der Waals surface area contributed by atoms with Crippen LogP contribution in [0.5, 0.6) is 0 Å². The molecule has 4 rings (SSSR count). The highest BCUT2D eigenvalue weighted by atomic mass is 35.5. The summed E-state index contributed by atoms with van der Waals surface area (Å²) in [6.07, 6.45) is 1.83. The van der Waals surface area contributed by atoms with Gasteiger partial charge in [0.15, 0.2) is 5.78 Å². The predicted molar refractivity (Wildman–Crippen MR) is 110 cm³/mol. The first kappa shape index (κ1) is 20.6. The van der Waals surface area contributed by atoms with Crippen molar-refractivity contribution < 1.29 is 19.2 Å². The first-order valence-corrected chi connectivity index (χ1v) is 10.3. The monoisotopic (exact) mass is 431 g/mol. The number of halogens is 1. The van der Waals surface area contributed by atoms with Gasteiger partial charge in [-0.15, -0.1) is 0 Å². The predicted octanol–water partition coefficient (Wildman–Crippen LogP) is 3.07. The van der Waals surface area contributed by atoms with Crippen LogP contribution in [0.4, 0.5) is 5.69 Å². The number of rotatable bonds is 3. The molecule has 30 heavy (non-hydrogen) atoms. The van der Waals surface area contributed by atoms with Crippen molar-refractivity contribution in [1.82, 2.24) is 10.2 Å². The number of carbonyl (C=O) groups is 2. The molecule has 9 heteroatoms. The normalized spacial score (nSPS) is 22.0. The molecule has 0 bridgehead atoms. The Kier molecular flexibility index (Phi) is 5.62. The number of benzene rings is 1. The Morgan fingerprint density at radius 3 is 2.73 bits per heavy atom. The molecule has 8 nitrogen and oxygen atoms in total.